The predicted molar refractivity (Wildman–Crippen MR) is 90.0 cm³/mol. The van der Waals surface area contributed by atoms with E-state index in [2.05, 4.69) is 29.6 Å². The summed E-state index contributed by atoms with van der Waals surface area (Å²) in [5, 5.41) is 3.16. The summed E-state index contributed by atoms with van der Waals surface area (Å²) in [7, 11) is 0. The highest BCUT2D eigenvalue weighted by Gasteiger charge is 2.45. The number of fused-ring (bicyclic) bond motifs is 1. The summed E-state index contributed by atoms with van der Waals surface area (Å²) in [5.41, 5.74) is 3.44. The number of rotatable bonds is 4. The monoisotopic (exact) mass is 307 g/mol. The van der Waals surface area contributed by atoms with Crippen molar-refractivity contribution in [2.24, 2.45) is 5.92 Å². The number of amides is 1. The molecule has 118 valence electrons. The maximum atomic E-state index is 12.2. The molecular weight excluding hydrogens is 286 g/mol. The lowest BCUT2D eigenvalue weighted by molar-refractivity contribution is -0.123. The van der Waals surface area contributed by atoms with Gasteiger partial charge in [0.2, 0.25) is 5.91 Å². The zero-order valence-corrected chi connectivity index (χ0v) is 13.1. The van der Waals surface area contributed by atoms with Gasteiger partial charge in [-0.05, 0) is 29.5 Å². The Morgan fingerprint density at radius 1 is 1.04 bits per heavy atom. The number of hydrogen-bond donors (Lipinski definition) is 1. The van der Waals surface area contributed by atoms with Crippen molar-refractivity contribution in [1.82, 2.24) is 5.32 Å². The summed E-state index contributed by atoms with van der Waals surface area (Å²) < 4.78 is 5.59. The summed E-state index contributed by atoms with van der Waals surface area (Å²) in [6.07, 6.45) is 2.90. The van der Waals surface area contributed by atoms with E-state index < -0.39 is 0 Å². The van der Waals surface area contributed by atoms with Crippen molar-refractivity contribution in [3.63, 3.8) is 0 Å². The van der Waals surface area contributed by atoms with Crippen molar-refractivity contribution < 1.29 is 9.53 Å². The molecular formula is C20H21NO2. The fraction of sp³-hybridized carbons (Fsp3) is 0.350. The molecule has 1 saturated heterocycles. The van der Waals surface area contributed by atoms with Gasteiger partial charge in [0.15, 0.2) is 0 Å². The predicted octanol–water partition coefficient (Wildman–Crippen LogP) is 3.19. The van der Waals surface area contributed by atoms with Gasteiger partial charge in [0, 0.05) is 18.6 Å². The Kier molecular flexibility index (Phi) is 3.88. The highest BCUT2D eigenvalue weighted by molar-refractivity contribution is 5.79. The van der Waals surface area contributed by atoms with Crippen LogP contribution in [0.15, 0.2) is 54.6 Å². The topological polar surface area (TPSA) is 38.3 Å². The van der Waals surface area contributed by atoms with E-state index in [0.717, 1.165) is 25.0 Å². The van der Waals surface area contributed by atoms with E-state index >= 15 is 0 Å². The molecule has 0 radical (unpaired) electrons. The molecule has 1 heterocycles. The normalized spacial score (nSPS) is 25.5. The second-order valence-electron chi connectivity index (χ2n) is 6.51. The van der Waals surface area contributed by atoms with E-state index in [4.69, 9.17) is 4.74 Å². The molecule has 3 atom stereocenters. The zero-order chi connectivity index (χ0) is 15.6. The van der Waals surface area contributed by atoms with Crippen LogP contribution in [0.25, 0.3) is 11.1 Å². The highest BCUT2D eigenvalue weighted by Crippen LogP contribution is 2.38. The van der Waals surface area contributed by atoms with Crippen LogP contribution in [-0.4, -0.2) is 24.7 Å². The first kappa shape index (κ1) is 14.5. The third kappa shape index (κ3) is 3.02. The van der Waals surface area contributed by atoms with E-state index in [1.165, 1.54) is 11.1 Å². The lowest BCUT2D eigenvalue weighted by Gasteiger charge is -2.39. The van der Waals surface area contributed by atoms with Crippen molar-refractivity contribution in [2.75, 3.05) is 6.61 Å². The van der Waals surface area contributed by atoms with Crippen LogP contribution in [0, 0.1) is 5.92 Å². The number of carbonyl (C=O) groups excluding carboxylic acids is 1. The van der Waals surface area contributed by atoms with Crippen LogP contribution in [0.5, 0.6) is 0 Å². The van der Waals surface area contributed by atoms with Gasteiger partial charge in [-0.3, -0.25) is 4.79 Å². The summed E-state index contributed by atoms with van der Waals surface area (Å²) in [6, 6.07) is 18.9. The molecule has 1 amide bonds. The molecule has 1 aliphatic carbocycles. The van der Waals surface area contributed by atoms with Crippen molar-refractivity contribution in [2.45, 2.75) is 31.4 Å². The lowest BCUT2D eigenvalue weighted by atomic mass is 9.76. The Hall–Kier alpha value is -2.13. The standard InChI is InChI=1S/C20H21NO2/c22-20(21-18-13-19-17(18)10-11-23-19)12-14-6-8-16(9-7-14)15-4-2-1-3-5-15/h1-9,17-19H,10-13H2,(H,21,22)/t17-,18+,19+/m1/s1. The molecule has 3 heteroatoms. The second-order valence-corrected chi connectivity index (χ2v) is 6.51. The van der Waals surface area contributed by atoms with Crippen LogP contribution in [-0.2, 0) is 16.0 Å². The zero-order valence-electron chi connectivity index (χ0n) is 13.1. The Bertz CT molecular complexity index is 681. The molecule has 4 rings (SSSR count). The molecule has 2 aromatic rings. The molecule has 3 nitrogen and oxygen atoms in total. The fourth-order valence-corrected chi connectivity index (χ4v) is 3.65. The quantitative estimate of drug-likeness (QED) is 0.942. The highest BCUT2D eigenvalue weighted by atomic mass is 16.5. The van der Waals surface area contributed by atoms with E-state index in [1.54, 1.807) is 0 Å². The van der Waals surface area contributed by atoms with Crippen LogP contribution >= 0.6 is 0 Å². The molecule has 23 heavy (non-hydrogen) atoms. The molecule has 0 aromatic heterocycles. The summed E-state index contributed by atoms with van der Waals surface area (Å²) >= 11 is 0. The van der Waals surface area contributed by atoms with Crippen molar-refractivity contribution in [1.29, 1.82) is 0 Å². The van der Waals surface area contributed by atoms with E-state index in [-0.39, 0.29) is 5.91 Å². The van der Waals surface area contributed by atoms with Gasteiger partial charge in [0.25, 0.3) is 0 Å². The molecule has 2 aliphatic rings. The van der Waals surface area contributed by atoms with Crippen LogP contribution in [0.3, 0.4) is 0 Å². The number of nitrogens with one attached hydrogen (secondary N) is 1. The second kappa shape index (κ2) is 6.17. The number of benzene rings is 2. The van der Waals surface area contributed by atoms with Gasteiger partial charge < -0.3 is 10.1 Å². The lowest BCUT2D eigenvalue weighted by Crippen LogP contribution is -2.53. The van der Waals surface area contributed by atoms with Crippen molar-refractivity contribution in [3.8, 4) is 11.1 Å². The molecule has 1 N–H and O–H groups in total. The fourth-order valence-electron chi connectivity index (χ4n) is 3.65. The van der Waals surface area contributed by atoms with E-state index in [9.17, 15) is 4.79 Å². The van der Waals surface area contributed by atoms with Gasteiger partial charge in [-0.25, -0.2) is 0 Å². The van der Waals surface area contributed by atoms with Crippen molar-refractivity contribution >= 4 is 5.91 Å². The molecule has 0 unspecified atom stereocenters. The average Bonchev–Trinajstić information content (AvgIpc) is 2.95. The average molecular weight is 307 g/mol. The van der Waals surface area contributed by atoms with Gasteiger partial charge in [0.05, 0.1) is 12.5 Å². The first-order chi connectivity index (χ1) is 11.3. The van der Waals surface area contributed by atoms with E-state index in [1.807, 2.05) is 30.3 Å². The van der Waals surface area contributed by atoms with Gasteiger partial charge in [-0.15, -0.1) is 0 Å². The molecule has 2 aromatic carbocycles. The molecule has 1 aliphatic heterocycles. The maximum absolute atomic E-state index is 12.2. The molecule has 2 fully saturated rings. The molecule has 0 bridgehead atoms. The molecule has 0 spiro atoms. The third-order valence-corrected chi connectivity index (χ3v) is 5.04. The maximum Gasteiger partial charge on any atom is 0.224 e. The SMILES string of the molecule is O=C(Cc1ccc(-c2ccccc2)cc1)N[C@H]1C[C@@H]2OCC[C@H]12. The molecule has 1 saturated carbocycles. The van der Waals surface area contributed by atoms with Crippen LogP contribution in [0.1, 0.15) is 18.4 Å². The largest absolute Gasteiger partial charge is 0.378 e. The van der Waals surface area contributed by atoms with Crippen LogP contribution in [0.4, 0.5) is 0 Å². The summed E-state index contributed by atoms with van der Waals surface area (Å²) in [6.45, 7) is 0.850. The minimum Gasteiger partial charge on any atom is -0.378 e. The smallest absolute Gasteiger partial charge is 0.224 e. The van der Waals surface area contributed by atoms with E-state index in [0.29, 0.717) is 24.5 Å². The number of hydrogen-bond acceptors (Lipinski definition) is 2. The van der Waals surface area contributed by atoms with Gasteiger partial charge >= 0.3 is 0 Å². The summed E-state index contributed by atoms with van der Waals surface area (Å²) in [5.74, 6) is 0.659. The number of carbonyl (C=O) groups is 1. The minimum atomic E-state index is 0.118. The van der Waals surface area contributed by atoms with Gasteiger partial charge in [-0.1, -0.05) is 54.6 Å². The number of ether oxygens (including phenoxy) is 1. The Morgan fingerprint density at radius 2 is 1.78 bits per heavy atom. The van der Waals surface area contributed by atoms with Gasteiger partial charge in [0.1, 0.15) is 0 Å². The van der Waals surface area contributed by atoms with Crippen LogP contribution in [0.2, 0.25) is 0 Å². The Labute approximate surface area is 136 Å². The summed E-state index contributed by atoms with van der Waals surface area (Å²) in [4.78, 5) is 12.2. The first-order valence-corrected chi connectivity index (χ1v) is 8.35. The van der Waals surface area contributed by atoms with Crippen molar-refractivity contribution in [3.05, 3.63) is 60.2 Å². The first-order valence-electron chi connectivity index (χ1n) is 8.35. The Balaban J connectivity index is 1.34. The van der Waals surface area contributed by atoms with Gasteiger partial charge in [-0.2, -0.15) is 0 Å². The Morgan fingerprint density at radius 3 is 2.52 bits per heavy atom. The van der Waals surface area contributed by atoms with Crippen LogP contribution < -0.4 is 5.32 Å². The minimum absolute atomic E-state index is 0.118. The third-order valence-electron chi connectivity index (χ3n) is 5.04.